The van der Waals surface area contributed by atoms with E-state index in [1.54, 1.807) is 0 Å². The fourth-order valence-corrected chi connectivity index (χ4v) is 2.47. The van der Waals surface area contributed by atoms with Gasteiger partial charge in [-0.3, -0.25) is 0 Å². The van der Waals surface area contributed by atoms with Crippen LogP contribution in [-0.4, -0.2) is 23.8 Å². The smallest absolute Gasteiger partial charge is 0.220 e. The number of hydrogen-bond acceptors (Lipinski definition) is 4. The van der Waals surface area contributed by atoms with Crippen molar-refractivity contribution in [2.45, 2.75) is 31.1 Å². The van der Waals surface area contributed by atoms with Gasteiger partial charge in [0.05, 0.1) is 0 Å². The fraction of sp³-hybridized carbons (Fsp3) is 0.467. The minimum absolute atomic E-state index is 0.424. The lowest BCUT2D eigenvalue weighted by Gasteiger charge is -1.97. The van der Waals surface area contributed by atoms with E-state index in [9.17, 15) is 0 Å². The number of nitrogens with zero attached hydrogens (tertiary/aromatic N) is 2. The van der Waals surface area contributed by atoms with Gasteiger partial charge in [-0.15, -0.1) is 10.2 Å². The Bertz CT molecular complexity index is 523. The van der Waals surface area contributed by atoms with Crippen LogP contribution in [0.1, 0.15) is 42.0 Å². The van der Waals surface area contributed by atoms with Gasteiger partial charge in [0, 0.05) is 12.3 Å². The van der Waals surface area contributed by atoms with Gasteiger partial charge in [-0.05, 0) is 37.9 Å². The van der Waals surface area contributed by atoms with Gasteiger partial charge in [0.1, 0.15) is 0 Å². The zero-order chi connectivity index (χ0) is 13.1. The Morgan fingerprint density at radius 2 is 2.05 bits per heavy atom. The lowest BCUT2D eigenvalue weighted by Crippen LogP contribution is -2.08. The molecule has 100 valence electrons. The Labute approximate surface area is 113 Å². The van der Waals surface area contributed by atoms with Gasteiger partial charge < -0.3 is 9.73 Å². The highest BCUT2D eigenvalue weighted by Gasteiger charge is 2.43. The van der Waals surface area contributed by atoms with E-state index in [0.29, 0.717) is 11.8 Å². The molecule has 1 aromatic carbocycles. The maximum atomic E-state index is 5.76. The molecule has 0 saturated heterocycles. The second kappa shape index (κ2) is 5.53. The van der Waals surface area contributed by atoms with Crippen LogP contribution in [0.15, 0.2) is 34.7 Å². The predicted octanol–water partition coefficient (Wildman–Crippen LogP) is 2.49. The highest BCUT2D eigenvalue weighted by Crippen LogP contribution is 2.53. The summed E-state index contributed by atoms with van der Waals surface area (Å²) >= 11 is 0. The van der Waals surface area contributed by atoms with Crippen molar-refractivity contribution in [2.75, 3.05) is 13.6 Å². The number of aromatic nitrogens is 2. The van der Waals surface area contributed by atoms with Gasteiger partial charge in [0.2, 0.25) is 11.8 Å². The SMILES string of the molecule is CNCCCc1nnc(C2CC2c2ccccc2)o1. The van der Waals surface area contributed by atoms with Crippen LogP contribution in [0.5, 0.6) is 0 Å². The van der Waals surface area contributed by atoms with Crippen molar-refractivity contribution in [3.63, 3.8) is 0 Å². The molecular weight excluding hydrogens is 238 g/mol. The van der Waals surface area contributed by atoms with Crippen LogP contribution in [0.4, 0.5) is 0 Å². The van der Waals surface area contributed by atoms with Gasteiger partial charge in [-0.2, -0.15) is 0 Å². The molecule has 1 N–H and O–H groups in total. The summed E-state index contributed by atoms with van der Waals surface area (Å²) in [5, 5.41) is 11.4. The first-order valence-electron chi connectivity index (χ1n) is 6.90. The lowest BCUT2D eigenvalue weighted by molar-refractivity contribution is 0.443. The van der Waals surface area contributed by atoms with Crippen molar-refractivity contribution in [3.8, 4) is 0 Å². The van der Waals surface area contributed by atoms with Crippen LogP contribution in [-0.2, 0) is 6.42 Å². The number of benzene rings is 1. The van der Waals surface area contributed by atoms with Crippen molar-refractivity contribution in [1.29, 1.82) is 0 Å². The van der Waals surface area contributed by atoms with Gasteiger partial charge >= 0.3 is 0 Å². The molecule has 0 amide bonds. The van der Waals surface area contributed by atoms with E-state index in [2.05, 4.69) is 39.8 Å². The molecule has 1 aliphatic rings. The first-order valence-corrected chi connectivity index (χ1v) is 6.90. The molecule has 0 aliphatic heterocycles. The molecular formula is C15H19N3O. The quantitative estimate of drug-likeness (QED) is 0.808. The van der Waals surface area contributed by atoms with Crippen molar-refractivity contribution < 1.29 is 4.42 Å². The molecule has 0 spiro atoms. The first kappa shape index (κ1) is 12.4. The summed E-state index contributed by atoms with van der Waals surface area (Å²) in [4.78, 5) is 0. The maximum Gasteiger partial charge on any atom is 0.220 e. The largest absolute Gasteiger partial charge is 0.425 e. The second-order valence-electron chi connectivity index (χ2n) is 5.10. The minimum atomic E-state index is 0.424. The summed E-state index contributed by atoms with van der Waals surface area (Å²) < 4.78 is 5.76. The van der Waals surface area contributed by atoms with E-state index in [1.165, 1.54) is 5.56 Å². The Morgan fingerprint density at radius 1 is 1.21 bits per heavy atom. The van der Waals surface area contributed by atoms with Crippen LogP contribution in [0.25, 0.3) is 0 Å². The average Bonchev–Trinajstić information content (AvgIpc) is 3.12. The van der Waals surface area contributed by atoms with E-state index < -0.39 is 0 Å². The van der Waals surface area contributed by atoms with E-state index >= 15 is 0 Å². The molecule has 19 heavy (non-hydrogen) atoms. The molecule has 4 nitrogen and oxygen atoms in total. The van der Waals surface area contributed by atoms with Crippen LogP contribution < -0.4 is 5.32 Å². The van der Waals surface area contributed by atoms with Crippen LogP contribution >= 0.6 is 0 Å². The van der Waals surface area contributed by atoms with E-state index in [1.807, 2.05) is 13.1 Å². The third-order valence-corrected chi connectivity index (χ3v) is 3.64. The normalized spacial score (nSPS) is 21.5. The van der Waals surface area contributed by atoms with Crippen LogP contribution in [0.3, 0.4) is 0 Å². The Balaban J connectivity index is 1.59. The molecule has 4 heteroatoms. The van der Waals surface area contributed by atoms with E-state index in [-0.39, 0.29) is 0 Å². The molecule has 1 heterocycles. The van der Waals surface area contributed by atoms with Gasteiger partial charge in [0.25, 0.3) is 0 Å². The van der Waals surface area contributed by atoms with Crippen LogP contribution in [0, 0.1) is 0 Å². The first-order chi connectivity index (χ1) is 9.38. The summed E-state index contributed by atoms with van der Waals surface area (Å²) in [7, 11) is 1.95. The molecule has 1 saturated carbocycles. The molecule has 2 aromatic rings. The Morgan fingerprint density at radius 3 is 2.84 bits per heavy atom. The molecule has 1 aromatic heterocycles. The monoisotopic (exact) mass is 257 g/mol. The summed E-state index contributed by atoms with van der Waals surface area (Å²) in [6.45, 7) is 0.980. The standard InChI is InChI=1S/C15H19N3O/c1-16-9-5-8-14-17-18-15(19-14)13-10-12(13)11-6-3-2-4-7-11/h2-4,6-7,12-13,16H,5,8-10H2,1H3. The van der Waals surface area contributed by atoms with E-state index in [4.69, 9.17) is 4.42 Å². The summed E-state index contributed by atoms with van der Waals surface area (Å²) in [6.07, 6.45) is 3.02. The molecule has 0 bridgehead atoms. The number of nitrogens with one attached hydrogen (secondary N) is 1. The molecule has 1 aliphatic carbocycles. The van der Waals surface area contributed by atoms with Gasteiger partial charge in [-0.1, -0.05) is 30.3 Å². The molecule has 0 radical (unpaired) electrons. The Kier molecular flexibility index (Phi) is 3.60. The van der Waals surface area contributed by atoms with Gasteiger partial charge in [0.15, 0.2) is 0 Å². The van der Waals surface area contributed by atoms with Crippen molar-refractivity contribution >= 4 is 0 Å². The number of aryl methyl sites for hydroxylation is 1. The summed E-state index contributed by atoms with van der Waals surface area (Å²) in [5.74, 6) is 2.57. The topological polar surface area (TPSA) is 51.0 Å². The third-order valence-electron chi connectivity index (χ3n) is 3.64. The van der Waals surface area contributed by atoms with Crippen molar-refractivity contribution in [3.05, 3.63) is 47.7 Å². The van der Waals surface area contributed by atoms with Gasteiger partial charge in [-0.25, -0.2) is 0 Å². The average molecular weight is 257 g/mol. The lowest BCUT2D eigenvalue weighted by atomic mass is 10.1. The van der Waals surface area contributed by atoms with Crippen molar-refractivity contribution in [2.24, 2.45) is 0 Å². The predicted molar refractivity (Wildman–Crippen MR) is 73.1 cm³/mol. The zero-order valence-corrected chi connectivity index (χ0v) is 11.2. The highest BCUT2D eigenvalue weighted by atomic mass is 16.4. The highest BCUT2D eigenvalue weighted by molar-refractivity contribution is 5.30. The number of rotatable bonds is 6. The molecule has 2 atom stereocenters. The molecule has 3 rings (SSSR count). The zero-order valence-electron chi connectivity index (χ0n) is 11.2. The molecule has 1 fully saturated rings. The van der Waals surface area contributed by atoms with Crippen molar-refractivity contribution in [1.82, 2.24) is 15.5 Å². The second-order valence-corrected chi connectivity index (χ2v) is 5.10. The summed E-state index contributed by atoms with van der Waals surface area (Å²) in [5.41, 5.74) is 1.38. The minimum Gasteiger partial charge on any atom is -0.425 e. The number of hydrogen-bond donors (Lipinski definition) is 1. The third kappa shape index (κ3) is 2.84. The fourth-order valence-electron chi connectivity index (χ4n) is 2.47. The van der Waals surface area contributed by atoms with Crippen LogP contribution in [0.2, 0.25) is 0 Å². The summed E-state index contributed by atoms with van der Waals surface area (Å²) in [6, 6.07) is 10.6. The maximum absolute atomic E-state index is 5.76. The van der Waals surface area contributed by atoms with E-state index in [0.717, 1.165) is 37.6 Å². The Hall–Kier alpha value is -1.68. The molecule has 2 unspecified atom stereocenters.